The van der Waals surface area contributed by atoms with Crippen LogP contribution in [0.4, 0.5) is 10.1 Å². The van der Waals surface area contributed by atoms with Gasteiger partial charge in [-0.2, -0.15) is 0 Å². The Bertz CT molecular complexity index is 1080. The number of rotatable bonds is 5. The molecule has 0 unspecified atom stereocenters. The topological polar surface area (TPSA) is 78.1 Å². The zero-order chi connectivity index (χ0) is 19.0. The number of amides is 1. The first kappa shape index (κ1) is 17.8. The molecule has 0 spiro atoms. The second kappa shape index (κ2) is 7.21. The van der Waals surface area contributed by atoms with Crippen LogP contribution in [0.3, 0.4) is 0 Å². The summed E-state index contributed by atoms with van der Waals surface area (Å²) in [7, 11) is 1.77. The monoisotopic (exact) mass is 386 g/mol. The van der Waals surface area contributed by atoms with Crippen molar-refractivity contribution in [3.05, 3.63) is 56.7 Å². The smallest absolute Gasteiger partial charge is 0.259 e. The Morgan fingerprint density at radius 3 is 3.07 bits per heavy atom. The van der Waals surface area contributed by atoms with Crippen LogP contribution in [0.15, 0.2) is 29.1 Å². The summed E-state index contributed by atoms with van der Waals surface area (Å²) in [4.78, 5) is 35.8. The number of hydrogen-bond acceptors (Lipinski definition) is 5. The Morgan fingerprint density at radius 2 is 2.26 bits per heavy atom. The van der Waals surface area contributed by atoms with E-state index in [1.165, 1.54) is 23.1 Å². The normalized spacial score (nSPS) is 13.3. The number of thiophene rings is 1. The number of halogens is 1. The number of hydrogen-bond donors (Lipinski definition) is 2. The number of anilines is 1. The van der Waals surface area contributed by atoms with E-state index in [0.29, 0.717) is 18.1 Å². The van der Waals surface area contributed by atoms with Gasteiger partial charge in [0.15, 0.2) is 0 Å². The molecule has 2 aromatic heterocycles. The lowest BCUT2D eigenvalue weighted by Gasteiger charge is -2.15. The number of likely N-dealkylation sites (N-methyl/N-ethyl adjacent to an activating group) is 1. The third-order valence-corrected chi connectivity index (χ3v) is 5.75. The average Bonchev–Trinajstić information content (AvgIpc) is 3.14. The number of nitrogens with zero attached hydrogens (tertiary/aromatic N) is 2. The first-order valence-electron chi connectivity index (χ1n) is 8.77. The summed E-state index contributed by atoms with van der Waals surface area (Å²) in [6.07, 6.45) is 3.06. The van der Waals surface area contributed by atoms with Crippen molar-refractivity contribution in [1.29, 1.82) is 0 Å². The summed E-state index contributed by atoms with van der Waals surface area (Å²) in [5.74, 6) is -0.130. The second-order valence-corrected chi connectivity index (χ2v) is 7.86. The van der Waals surface area contributed by atoms with Crippen molar-refractivity contribution >= 4 is 33.1 Å². The zero-order valence-electron chi connectivity index (χ0n) is 14.8. The molecule has 3 aromatic rings. The van der Waals surface area contributed by atoms with Crippen molar-refractivity contribution < 1.29 is 9.18 Å². The number of H-pyrrole nitrogens is 1. The maximum Gasteiger partial charge on any atom is 0.259 e. The summed E-state index contributed by atoms with van der Waals surface area (Å²) in [5, 5.41) is 3.38. The molecule has 1 aliphatic rings. The third-order valence-electron chi connectivity index (χ3n) is 4.57. The molecule has 8 heteroatoms. The lowest BCUT2D eigenvalue weighted by Crippen LogP contribution is -2.31. The van der Waals surface area contributed by atoms with Gasteiger partial charge in [-0.3, -0.25) is 14.5 Å². The van der Waals surface area contributed by atoms with Gasteiger partial charge in [0.2, 0.25) is 5.91 Å². The minimum absolute atomic E-state index is 0.0964. The molecule has 0 fully saturated rings. The Balaban J connectivity index is 1.44. The lowest BCUT2D eigenvalue weighted by molar-refractivity contribution is -0.117. The van der Waals surface area contributed by atoms with Gasteiger partial charge in [0.1, 0.15) is 16.5 Å². The van der Waals surface area contributed by atoms with Crippen LogP contribution in [0, 0.1) is 5.82 Å². The summed E-state index contributed by atoms with van der Waals surface area (Å²) in [6.45, 7) is 0.434. The molecule has 27 heavy (non-hydrogen) atoms. The van der Waals surface area contributed by atoms with E-state index in [9.17, 15) is 14.0 Å². The number of aromatic amines is 1. The highest BCUT2D eigenvalue weighted by Gasteiger charge is 2.21. The minimum atomic E-state index is -0.404. The highest BCUT2D eigenvalue weighted by molar-refractivity contribution is 7.18. The van der Waals surface area contributed by atoms with Gasteiger partial charge < -0.3 is 10.3 Å². The fourth-order valence-corrected chi connectivity index (χ4v) is 4.73. The van der Waals surface area contributed by atoms with Gasteiger partial charge in [-0.1, -0.05) is 6.07 Å². The molecule has 0 radical (unpaired) electrons. The summed E-state index contributed by atoms with van der Waals surface area (Å²) >= 11 is 1.59. The zero-order valence-corrected chi connectivity index (χ0v) is 15.7. The van der Waals surface area contributed by atoms with E-state index in [2.05, 4.69) is 15.3 Å². The first-order chi connectivity index (χ1) is 13.0. The quantitative estimate of drug-likeness (QED) is 0.707. The number of benzene rings is 1. The van der Waals surface area contributed by atoms with Crippen LogP contribution >= 0.6 is 11.3 Å². The Kier molecular flexibility index (Phi) is 4.75. The van der Waals surface area contributed by atoms with E-state index < -0.39 is 5.82 Å². The van der Waals surface area contributed by atoms with Crippen molar-refractivity contribution in [1.82, 2.24) is 14.9 Å². The van der Waals surface area contributed by atoms with Crippen LogP contribution in [0.25, 0.3) is 10.2 Å². The Morgan fingerprint density at radius 1 is 1.41 bits per heavy atom. The van der Waals surface area contributed by atoms with Crippen LogP contribution in [-0.4, -0.2) is 34.4 Å². The molecule has 2 heterocycles. The highest BCUT2D eigenvalue weighted by Crippen LogP contribution is 2.34. The number of aryl methyl sites for hydroxylation is 2. The third kappa shape index (κ3) is 3.77. The molecule has 4 rings (SSSR count). The largest absolute Gasteiger partial charge is 0.325 e. The van der Waals surface area contributed by atoms with Crippen LogP contribution in [0.2, 0.25) is 0 Å². The van der Waals surface area contributed by atoms with Gasteiger partial charge >= 0.3 is 0 Å². The molecular formula is C19H19FN4O2S. The SMILES string of the molecule is CN(CC(=O)Nc1cccc(F)c1)Cc1nc2sc3c(c2c(=O)[nH]1)CCC3. The molecule has 1 aliphatic carbocycles. The highest BCUT2D eigenvalue weighted by atomic mass is 32.1. The average molecular weight is 386 g/mol. The molecule has 0 bridgehead atoms. The van der Waals surface area contributed by atoms with Gasteiger partial charge in [-0.15, -0.1) is 11.3 Å². The molecule has 1 amide bonds. The summed E-state index contributed by atoms with van der Waals surface area (Å²) in [6, 6.07) is 5.75. The molecule has 0 atom stereocenters. The van der Waals surface area contributed by atoms with E-state index in [-0.39, 0.29) is 18.0 Å². The maximum absolute atomic E-state index is 13.2. The van der Waals surface area contributed by atoms with Gasteiger partial charge in [0.05, 0.1) is 18.5 Å². The number of carbonyl (C=O) groups is 1. The second-order valence-electron chi connectivity index (χ2n) is 6.78. The van der Waals surface area contributed by atoms with E-state index in [4.69, 9.17) is 0 Å². The van der Waals surface area contributed by atoms with Crippen LogP contribution < -0.4 is 10.9 Å². The van der Waals surface area contributed by atoms with Crippen LogP contribution in [0.1, 0.15) is 22.7 Å². The molecule has 0 saturated heterocycles. The van der Waals surface area contributed by atoms with E-state index in [1.807, 2.05) is 0 Å². The maximum atomic E-state index is 13.2. The molecule has 6 nitrogen and oxygen atoms in total. The lowest BCUT2D eigenvalue weighted by atomic mass is 10.2. The van der Waals surface area contributed by atoms with Crippen molar-refractivity contribution in [2.24, 2.45) is 0 Å². The fourth-order valence-electron chi connectivity index (χ4n) is 3.45. The van der Waals surface area contributed by atoms with E-state index in [1.54, 1.807) is 29.4 Å². The number of fused-ring (bicyclic) bond motifs is 3. The molecule has 0 saturated carbocycles. The summed E-state index contributed by atoms with van der Waals surface area (Å²) in [5.41, 5.74) is 1.46. The molecule has 1 aromatic carbocycles. The summed E-state index contributed by atoms with van der Waals surface area (Å²) < 4.78 is 13.2. The molecular weight excluding hydrogens is 367 g/mol. The van der Waals surface area contributed by atoms with E-state index >= 15 is 0 Å². The fraction of sp³-hybridized carbons (Fsp3) is 0.316. The predicted molar refractivity (Wildman–Crippen MR) is 104 cm³/mol. The Hall–Kier alpha value is -2.58. The van der Waals surface area contributed by atoms with Crippen molar-refractivity contribution in [2.75, 3.05) is 18.9 Å². The van der Waals surface area contributed by atoms with Crippen molar-refractivity contribution in [3.8, 4) is 0 Å². The number of aromatic nitrogens is 2. The van der Waals surface area contributed by atoms with Gasteiger partial charge in [0.25, 0.3) is 5.56 Å². The minimum Gasteiger partial charge on any atom is -0.325 e. The molecule has 0 aliphatic heterocycles. The van der Waals surface area contributed by atoms with Gasteiger partial charge in [-0.25, -0.2) is 9.37 Å². The number of carbonyl (C=O) groups excluding carboxylic acids is 1. The van der Waals surface area contributed by atoms with Crippen molar-refractivity contribution in [2.45, 2.75) is 25.8 Å². The van der Waals surface area contributed by atoms with Gasteiger partial charge in [0, 0.05) is 10.6 Å². The number of nitrogens with one attached hydrogen (secondary N) is 2. The van der Waals surface area contributed by atoms with Crippen molar-refractivity contribution in [3.63, 3.8) is 0 Å². The predicted octanol–water partition coefficient (Wildman–Crippen LogP) is 2.68. The molecule has 2 N–H and O–H groups in total. The first-order valence-corrected chi connectivity index (χ1v) is 9.58. The van der Waals surface area contributed by atoms with Gasteiger partial charge in [-0.05, 0) is 50.1 Å². The van der Waals surface area contributed by atoms with E-state index in [0.717, 1.165) is 35.0 Å². The van der Waals surface area contributed by atoms with Crippen LogP contribution in [0.5, 0.6) is 0 Å². The Labute approximate surface area is 159 Å². The van der Waals surface area contributed by atoms with Crippen LogP contribution in [-0.2, 0) is 24.2 Å². The standard InChI is InChI=1S/C19H19FN4O2S/c1-24(10-16(25)21-12-5-2-4-11(20)8-12)9-15-22-18(26)17-13-6-3-7-14(13)27-19(17)23-15/h2,4-5,8H,3,6-7,9-10H2,1H3,(H,21,25)(H,22,23,26). The molecule has 140 valence electrons.